The van der Waals surface area contributed by atoms with Crippen LogP contribution in [0, 0.1) is 18.3 Å². The maximum Gasteiger partial charge on any atom is 0.262 e. The molecule has 0 saturated heterocycles. The highest BCUT2D eigenvalue weighted by molar-refractivity contribution is 6.04. The molecule has 1 heterocycles. The van der Waals surface area contributed by atoms with Crippen molar-refractivity contribution >= 4 is 22.9 Å². The third kappa shape index (κ3) is 3.14. The summed E-state index contributed by atoms with van der Waals surface area (Å²) in [5, 5.41) is 13.1. The molecular formula is C17H19N3O. The van der Waals surface area contributed by atoms with E-state index in [-0.39, 0.29) is 17.5 Å². The highest BCUT2D eigenvalue weighted by Crippen LogP contribution is 2.24. The van der Waals surface area contributed by atoms with Gasteiger partial charge in [-0.2, -0.15) is 5.26 Å². The molecule has 1 atom stereocenters. The van der Waals surface area contributed by atoms with Crippen molar-refractivity contribution in [3.8, 4) is 6.07 Å². The Morgan fingerprint density at radius 2 is 2.19 bits per heavy atom. The Hall–Kier alpha value is -2.54. The number of nitrogens with one attached hydrogen (secondary N) is 2. The van der Waals surface area contributed by atoms with E-state index in [0.717, 1.165) is 28.6 Å². The van der Waals surface area contributed by atoms with E-state index in [1.807, 2.05) is 51.1 Å². The van der Waals surface area contributed by atoms with Gasteiger partial charge >= 0.3 is 0 Å². The zero-order chi connectivity index (χ0) is 15.4. The van der Waals surface area contributed by atoms with Gasteiger partial charge in [-0.05, 0) is 32.4 Å². The van der Waals surface area contributed by atoms with Crippen molar-refractivity contribution in [1.82, 2.24) is 10.3 Å². The molecular weight excluding hydrogens is 262 g/mol. The Morgan fingerprint density at radius 1 is 1.48 bits per heavy atom. The van der Waals surface area contributed by atoms with E-state index in [2.05, 4.69) is 10.3 Å². The van der Waals surface area contributed by atoms with Gasteiger partial charge in [-0.15, -0.1) is 0 Å². The number of aromatic amines is 1. The molecule has 108 valence electrons. The average molecular weight is 281 g/mol. The van der Waals surface area contributed by atoms with Crippen LogP contribution in [0.15, 0.2) is 29.8 Å². The van der Waals surface area contributed by atoms with Crippen LogP contribution in [0.1, 0.15) is 31.5 Å². The molecule has 1 aromatic carbocycles. The SMILES string of the molecule is CCC(C)NC(=O)C(C#N)=Cc1c(C)[nH]c2ccccc12. The lowest BCUT2D eigenvalue weighted by Crippen LogP contribution is -2.32. The standard InChI is InChI=1S/C17H19N3O/c1-4-11(2)19-17(21)13(10-18)9-15-12(3)20-16-8-6-5-7-14(15)16/h5-9,11,20H,4H2,1-3H3,(H,19,21). The Labute approximate surface area is 124 Å². The van der Waals surface area contributed by atoms with Gasteiger partial charge in [0.2, 0.25) is 0 Å². The molecule has 0 saturated carbocycles. The lowest BCUT2D eigenvalue weighted by molar-refractivity contribution is -0.117. The molecule has 0 fully saturated rings. The zero-order valence-corrected chi connectivity index (χ0v) is 12.5. The van der Waals surface area contributed by atoms with Crippen molar-refractivity contribution in [2.24, 2.45) is 0 Å². The summed E-state index contributed by atoms with van der Waals surface area (Å²) in [6.07, 6.45) is 2.49. The fraction of sp³-hybridized carbons (Fsp3) is 0.294. The molecule has 1 unspecified atom stereocenters. The number of rotatable bonds is 4. The summed E-state index contributed by atoms with van der Waals surface area (Å²) < 4.78 is 0. The molecule has 4 heteroatoms. The summed E-state index contributed by atoms with van der Waals surface area (Å²) in [6, 6.07) is 9.90. The van der Waals surface area contributed by atoms with Crippen molar-refractivity contribution in [3.05, 3.63) is 41.1 Å². The fourth-order valence-corrected chi connectivity index (χ4v) is 2.18. The number of nitriles is 1. The summed E-state index contributed by atoms with van der Waals surface area (Å²) in [4.78, 5) is 15.4. The number of para-hydroxylation sites is 1. The molecule has 4 nitrogen and oxygen atoms in total. The largest absolute Gasteiger partial charge is 0.358 e. The number of benzene rings is 1. The van der Waals surface area contributed by atoms with Crippen molar-refractivity contribution in [3.63, 3.8) is 0 Å². The van der Waals surface area contributed by atoms with Crippen LogP contribution in [0.2, 0.25) is 0 Å². The molecule has 1 amide bonds. The number of fused-ring (bicyclic) bond motifs is 1. The smallest absolute Gasteiger partial charge is 0.262 e. The summed E-state index contributed by atoms with van der Waals surface area (Å²) >= 11 is 0. The van der Waals surface area contributed by atoms with E-state index in [1.165, 1.54) is 0 Å². The lowest BCUT2D eigenvalue weighted by Gasteiger charge is -2.10. The van der Waals surface area contributed by atoms with Gasteiger partial charge in [0.25, 0.3) is 5.91 Å². The number of aromatic nitrogens is 1. The van der Waals surface area contributed by atoms with E-state index in [1.54, 1.807) is 6.08 Å². The maximum atomic E-state index is 12.1. The van der Waals surface area contributed by atoms with Crippen LogP contribution in [-0.4, -0.2) is 16.9 Å². The van der Waals surface area contributed by atoms with Crippen molar-refractivity contribution in [2.75, 3.05) is 0 Å². The molecule has 0 spiro atoms. The summed E-state index contributed by atoms with van der Waals surface area (Å²) in [7, 11) is 0. The van der Waals surface area contributed by atoms with E-state index in [4.69, 9.17) is 0 Å². The van der Waals surface area contributed by atoms with Crippen molar-refractivity contribution in [1.29, 1.82) is 5.26 Å². The summed E-state index contributed by atoms with van der Waals surface area (Å²) in [5.41, 5.74) is 2.96. The number of hydrogen-bond acceptors (Lipinski definition) is 2. The minimum Gasteiger partial charge on any atom is -0.358 e. The van der Waals surface area contributed by atoms with Gasteiger partial charge in [0.15, 0.2) is 0 Å². The van der Waals surface area contributed by atoms with E-state index in [9.17, 15) is 10.1 Å². The quantitative estimate of drug-likeness (QED) is 0.667. The van der Waals surface area contributed by atoms with Gasteiger partial charge in [0, 0.05) is 28.2 Å². The molecule has 0 bridgehead atoms. The molecule has 0 aliphatic carbocycles. The van der Waals surface area contributed by atoms with E-state index in [0.29, 0.717) is 0 Å². The minimum atomic E-state index is -0.323. The monoisotopic (exact) mass is 281 g/mol. The molecule has 0 aliphatic rings. The van der Waals surface area contributed by atoms with E-state index >= 15 is 0 Å². The lowest BCUT2D eigenvalue weighted by atomic mass is 10.1. The average Bonchev–Trinajstić information content (AvgIpc) is 2.79. The molecule has 0 aliphatic heterocycles. The predicted octanol–water partition coefficient (Wildman–Crippen LogP) is 3.30. The van der Waals surface area contributed by atoms with Gasteiger partial charge in [-0.3, -0.25) is 4.79 Å². The highest BCUT2D eigenvalue weighted by Gasteiger charge is 2.13. The van der Waals surface area contributed by atoms with E-state index < -0.39 is 0 Å². The first-order chi connectivity index (χ1) is 10.1. The summed E-state index contributed by atoms with van der Waals surface area (Å²) in [5.74, 6) is -0.323. The molecule has 2 aromatic rings. The maximum absolute atomic E-state index is 12.1. The zero-order valence-electron chi connectivity index (χ0n) is 12.5. The predicted molar refractivity (Wildman–Crippen MR) is 84.5 cm³/mol. The number of aryl methyl sites for hydroxylation is 1. The van der Waals surface area contributed by atoms with Crippen LogP contribution in [0.5, 0.6) is 0 Å². The normalized spacial score (nSPS) is 13.0. The van der Waals surface area contributed by atoms with Gasteiger partial charge in [0.1, 0.15) is 11.6 Å². The highest BCUT2D eigenvalue weighted by atomic mass is 16.1. The molecule has 2 N–H and O–H groups in total. The second-order valence-electron chi connectivity index (χ2n) is 5.16. The van der Waals surface area contributed by atoms with Crippen LogP contribution in [0.4, 0.5) is 0 Å². The first kappa shape index (κ1) is 14.9. The number of amides is 1. The first-order valence-corrected chi connectivity index (χ1v) is 7.06. The fourth-order valence-electron chi connectivity index (χ4n) is 2.18. The van der Waals surface area contributed by atoms with Gasteiger partial charge in [-0.25, -0.2) is 0 Å². The van der Waals surface area contributed by atoms with Gasteiger partial charge in [-0.1, -0.05) is 25.1 Å². The molecule has 0 radical (unpaired) electrons. The Kier molecular flexibility index (Phi) is 4.44. The number of carbonyl (C=O) groups is 1. The molecule has 2 rings (SSSR count). The van der Waals surface area contributed by atoms with Crippen LogP contribution in [-0.2, 0) is 4.79 Å². The third-order valence-electron chi connectivity index (χ3n) is 3.59. The first-order valence-electron chi connectivity index (χ1n) is 7.06. The third-order valence-corrected chi connectivity index (χ3v) is 3.59. The van der Waals surface area contributed by atoms with Crippen molar-refractivity contribution < 1.29 is 4.79 Å². The Balaban J connectivity index is 2.41. The van der Waals surface area contributed by atoms with Crippen LogP contribution in [0.25, 0.3) is 17.0 Å². The summed E-state index contributed by atoms with van der Waals surface area (Å²) in [6.45, 7) is 5.85. The minimum absolute atomic E-state index is 0.0540. The van der Waals surface area contributed by atoms with Crippen LogP contribution < -0.4 is 5.32 Å². The number of H-pyrrole nitrogens is 1. The van der Waals surface area contributed by atoms with Crippen LogP contribution in [0.3, 0.4) is 0 Å². The van der Waals surface area contributed by atoms with Crippen LogP contribution >= 0.6 is 0 Å². The number of carbonyl (C=O) groups excluding carboxylic acids is 1. The second-order valence-corrected chi connectivity index (χ2v) is 5.16. The second kappa shape index (κ2) is 6.27. The topological polar surface area (TPSA) is 68.7 Å². The Morgan fingerprint density at radius 3 is 2.86 bits per heavy atom. The van der Waals surface area contributed by atoms with Crippen molar-refractivity contribution in [2.45, 2.75) is 33.2 Å². The van der Waals surface area contributed by atoms with Gasteiger partial charge in [0.05, 0.1) is 0 Å². The molecule has 1 aromatic heterocycles. The number of nitrogens with zero attached hydrogens (tertiary/aromatic N) is 1. The Bertz CT molecular complexity index is 734. The number of hydrogen-bond donors (Lipinski definition) is 2. The van der Waals surface area contributed by atoms with Gasteiger partial charge < -0.3 is 10.3 Å². The molecule has 21 heavy (non-hydrogen) atoms.